The Kier molecular flexibility index (Phi) is 2.80. The number of nitrogens with one attached hydrogen (secondary N) is 1. The topological polar surface area (TPSA) is 92.6 Å². The Morgan fingerprint density at radius 1 is 1.04 bits per heavy atom. The minimum atomic E-state index is -0.200. The third-order valence-corrected chi connectivity index (χ3v) is 4.39. The van der Waals surface area contributed by atoms with Crippen molar-refractivity contribution in [2.45, 2.75) is 25.0 Å². The quantitative estimate of drug-likeness (QED) is 0.592. The third kappa shape index (κ3) is 2.11. The summed E-state index contributed by atoms with van der Waals surface area (Å²) in [5.41, 5.74) is 3.51. The van der Waals surface area contributed by atoms with Gasteiger partial charge in [-0.15, -0.1) is 5.10 Å². The van der Waals surface area contributed by atoms with Gasteiger partial charge in [-0.05, 0) is 31.0 Å². The van der Waals surface area contributed by atoms with Crippen molar-refractivity contribution in [3.63, 3.8) is 0 Å². The molecule has 0 aromatic carbocycles. The molecule has 4 aromatic rings. The van der Waals surface area contributed by atoms with E-state index in [0.29, 0.717) is 5.95 Å². The Morgan fingerprint density at radius 3 is 2.83 bits per heavy atom. The number of aliphatic hydroxyl groups excluding tert-OH is 1. The molecule has 1 saturated carbocycles. The van der Waals surface area contributed by atoms with Crippen LogP contribution in [0, 0.1) is 0 Å². The van der Waals surface area contributed by atoms with E-state index in [9.17, 15) is 5.11 Å². The van der Waals surface area contributed by atoms with Crippen molar-refractivity contribution in [1.29, 1.82) is 0 Å². The van der Waals surface area contributed by atoms with Gasteiger partial charge in [0.15, 0.2) is 5.65 Å². The largest absolute Gasteiger partial charge is 0.393 e. The summed E-state index contributed by atoms with van der Waals surface area (Å²) in [6.45, 7) is 0. The SMILES string of the molecule is O[C@H]1C[C@@H](Nc2ncc3c(-c4ccc5nccn5n4)ccn3n2)C1. The molecule has 5 rings (SSSR count). The van der Waals surface area contributed by atoms with Crippen molar-refractivity contribution in [2.75, 3.05) is 5.32 Å². The maximum Gasteiger partial charge on any atom is 0.241 e. The summed E-state index contributed by atoms with van der Waals surface area (Å²) in [6, 6.07) is 6.11. The smallest absolute Gasteiger partial charge is 0.241 e. The zero-order chi connectivity index (χ0) is 16.1. The lowest BCUT2D eigenvalue weighted by Crippen LogP contribution is -2.39. The number of aromatic nitrogens is 6. The van der Waals surface area contributed by atoms with Crippen molar-refractivity contribution in [3.8, 4) is 11.3 Å². The maximum atomic E-state index is 9.36. The Labute approximate surface area is 136 Å². The summed E-state index contributed by atoms with van der Waals surface area (Å²) in [6.07, 6.45) is 8.52. The molecule has 0 amide bonds. The zero-order valence-electron chi connectivity index (χ0n) is 12.7. The Hall–Kier alpha value is -3.00. The second-order valence-electron chi connectivity index (χ2n) is 6.06. The van der Waals surface area contributed by atoms with Crippen molar-refractivity contribution >= 4 is 17.1 Å². The molecule has 4 aromatic heterocycles. The first-order valence-corrected chi connectivity index (χ1v) is 7.86. The molecule has 0 radical (unpaired) electrons. The summed E-state index contributed by atoms with van der Waals surface area (Å²) in [5, 5.41) is 21.7. The molecule has 8 heteroatoms. The number of aliphatic hydroxyl groups is 1. The molecule has 8 nitrogen and oxygen atoms in total. The molecule has 1 aliphatic rings. The molecule has 1 aliphatic carbocycles. The molecule has 0 atom stereocenters. The van der Waals surface area contributed by atoms with E-state index in [0.717, 1.165) is 35.3 Å². The van der Waals surface area contributed by atoms with E-state index in [1.165, 1.54) is 0 Å². The molecule has 0 saturated heterocycles. The lowest BCUT2D eigenvalue weighted by atomic mass is 9.90. The van der Waals surface area contributed by atoms with E-state index >= 15 is 0 Å². The lowest BCUT2D eigenvalue weighted by molar-refractivity contribution is 0.0833. The lowest BCUT2D eigenvalue weighted by Gasteiger charge is -2.31. The van der Waals surface area contributed by atoms with E-state index in [2.05, 4.69) is 25.5 Å². The highest BCUT2D eigenvalue weighted by Crippen LogP contribution is 2.25. The van der Waals surface area contributed by atoms with Gasteiger partial charge in [-0.2, -0.15) is 5.10 Å². The summed E-state index contributed by atoms with van der Waals surface area (Å²) in [5.74, 6) is 0.569. The molecule has 0 aliphatic heterocycles. The fraction of sp³-hybridized carbons (Fsp3) is 0.250. The van der Waals surface area contributed by atoms with Crippen LogP contribution in [0.15, 0.2) is 43.0 Å². The van der Waals surface area contributed by atoms with Crippen LogP contribution < -0.4 is 5.32 Å². The molecule has 4 heterocycles. The minimum absolute atomic E-state index is 0.200. The second kappa shape index (κ2) is 5.00. The summed E-state index contributed by atoms with van der Waals surface area (Å²) in [4.78, 5) is 8.60. The molecule has 0 unspecified atom stereocenters. The Morgan fingerprint density at radius 2 is 1.96 bits per heavy atom. The zero-order valence-corrected chi connectivity index (χ0v) is 12.7. The van der Waals surface area contributed by atoms with E-state index in [-0.39, 0.29) is 12.1 Å². The molecule has 0 spiro atoms. The third-order valence-electron chi connectivity index (χ3n) is 4.39. The first-order valence-electron chi connectivity index (χ1n) is 7.86. The van der Waals surface area contributed by atoms with Crippen LogP contribution in [0.5, 0.6) is 0 Å². The number of rotatable bonds is 3. The van der Waals surface area contributed by atoms with Crippen LogP contribution in [0.1, 0.15) is 12.8 Å². The molecular formula is C16H15N7O. The number of fused-ring (bicyclic) bond motifs is 2. The predicted molar refractivity (Wildman–Crippen MR) is 87.6 cm³/mol. The minimum Gasteiger partial charge on any atom is -0.393 e. The molecule has 0 bridgehead atoms. The Balaban J connectivity index is 1.50. The molecular weight excluding hydrogens is 306 g/mol. The monoisotopic (exact) mass is 321 g/mol. The van der Waals surface area contributed by atoms with Crippen LogP contribution in [0.4, 0.5) is 5.95 Å². The number of anilines is 1. The summed E-state index contributed by atoms with van der Waals surface area (Å²) >= 11 is 0. The molecule has 120 valence electrons. The van der Waals surface area contributed by atoms with Crippen molar-refractivity contribution in [2.24, 2.45) is 0 Å². The van der Waals surface area contributed by atoms with Crippen LogP contribution >= 0.6 is 0 Å². The predicted octanol–water partition coefficient (Wildman–Crippen LogP) is 1.37. The number of imidazole rings is 1. The van der Waals surface area contributed by atoms with Crippen LogP contribution in [0.25, 0.3) is 22.4 Å². The van der Waals surface area contributed by atoms with Crippen LogP contribution in [-0.4, -0.2) is 46.4 Å². The average Bonchev–Trinajstić information content (AvgIpc) is 3.18. The van der Waals surface area contributed by atoms with Gasteiger partial charge in [-0.25, -0.2) is 19.0 Å². The first kappa shape index (κ1) is 13.4. The van der Waals surface area contributed by atoms with Gasteiger partial charge in [0.1, 0.15) is 0 Å². The fourth-order valence-corrected chi connectivity index (χ4v) is 3.03. The summed E-state index contributed by atoms with van der Waals surface area (Å²) < 4.78 is 3.54. The molecule has 1 fully saturated rings. The normalized spacial score (nSPS) is 20.4. The van der Waals surface area contributed by atoms with E-state index < -0.39 is 0 Å². The first-order chi connectivity index (χ1) is 11.8. The highest BCUT2D eigenvalue weighted by atomic mass is 16.3. The van der Waals surface area contributed by atoms with Gasteiger partial charge in [-0.3, -0.25) is 0 Å². The second-order valence-corrected chi connectivity index (χ2v) is 6.06. The van der Waals surface area contributed by atoms with Crippen LogP contribution in [-0.2, 0) is 0 Å². The maximum absolute atomic E-state index is 9.36. The van der Waals surface area contributed by atoms with Gasteiger partial charge in [-0.1, -0.05) is 0 Å². The van der Waals surface area contributed by atoms with E-state index in [1.54, 1.807) is 21.4 Å². The van der Waals surface area contributed by atoms with Gasteiger partial charge in [0, 0.05) is 30.2 Å². The Bertz CT molecular complexity index is 1030. The highest BCUT2D eigenvalue weighted by molar-refractivity contribution is 5.78. The van der Waals surface area contributed by atoms with E-state index in [1.807, 2.05) is 30.6 Å². The standard InChI is InChI=1S/C16H15N7O/c24-11-7-10(8-11)19-16-18-9-14-12(3-5-22(14)21-16)13-1-2-15-17-4-6-23(15)20-13/h1-6,9-11,24H,7-8H2,(H,19,21)/t10-,11+. The van der Waals surface area contributed by atoms with Crippen molar-refractivity contribution in [3.05, 3.63) is 43.0 Å². The van der Waals surface area contributed by atoms with Crippen LogP contribution in [0.3, 0.4) is 0 Å². The van der Waals surface area contributed by atoms with Gasteiger partial charge >= 0.3 is 0 Å². The number of nitrogens with zero attached hydrogens (tertiary/aromatic N) is 6. The van der Waals surface area contributed by atoms with Gasteiger partial charge < -0.3 is 10.4 Å². The van der Waals surface area contributed by atoms with Gasteiger partial charge in [0.2, 0.25) is 5.95 Å². The fourth-order valence-electron chi connectivity index (χ4n) is 3.03. The van der Waals surface area contributed by atoms with Crippen molar-refractivity contribution < 1.29 is 5.11 Å². The number of hydrogen-bond donors (Lipinski definition) is 2. The molecule has 24 heavy (non-hydrogen) atoms. The summed E-state index contributed by atoms with van der Waals surface area (Å²) in [7, 11) is 0. The number of hydrogen-bond acceptors (Lipinski definition) is 6. The van der Waals surface area contributed by atoms with E-state index in [4.69, 9.17) is 0 Å². The highest BCUT2D eigenvalue weighted by Gasteiger charge is 2.27. The van der Waals surface area contributed by atoms with Gasteiger partial charge in [0.25, 0.3) is 0 Å². The van der Waals surface area contributed by atoms with Gasteiger partial charge in [0.05, 0.1) is 23.5 Å². The van der Waals surface area contributed by atoms with Crippen molar-refractivity contribution in [1.82, 2.24) is 29.2 Å². The molecule has 2 N–H and O–H groups in total. The van der Waals surface area contributed by atoms with Crippen LogP contribution in [0.2, 0.25) is 0 Å². The average molecular weight is 321 g/mol.